The Morgan fingerprint density at radius 2 is 1.35 bits per heavy atom. The summed E-state index contributed by atoms with van der Waals surface area (Å²) in [5, 5.41) is 0. The molecule has 1 spiro atoms. The third kappa shape index (κ3) is 1.94. The summed E-state index contributed by atoms with van der Waals surface area (Å²) in [5.74, 6) is 1.49. The van der Waals surface area contributed by atoms with Crippen molar-refractivity contribution in [3.05, 3.63) is 49.6 Å². The summed E-state index contributed by atoms with van der Waals surface area (Å²) in [6, 6.07) is 0. The van der Waals surface area contributed by atoms with Gasteiger partial charge in [0, 0.05) is 5.41 Å². The van der Waals surface area contributed by atoms with Crippen LogP contribution in [0.1, 0.15) is 38.5 Å². The summed E-state index contributed by atoms with van der Waals surface area (Å²) in [5.41, 5.74) is 3.13. The average Bonchev–Trinajstić information content (AvgIpc) is 2.78. The topological polar surface area (TPSA) is 0 Å². The minimum Gasteiger partial charge on any atom is -0.103 e. The molecule has 0 nitrogen and oxygen atoms in total. The van der Waals surface area contributed by atoms with Crippen LogP contribution >= 0.6 is 0 Å². The van der Waals surface area contributed by atoms with Crippen LogP contribution in [0.15, 0.2) is 49.6 Å². The van der Waals surface area contributed by atoms with Gasteiger partial charge in [0.25, 0.3) is 0 Å². The van der Waals surface area contributed by atoms with E-state index in [1.807, 2.05) is 0 Å². The molecule has 0 amide bonds. The van der Waals surface area contributed by atoms with E-state index in [4.69, 9.17) is 0 Å². The van der Waals surface area contributed by atoms with Gasteiger partial charge >= 0.3 is 0 Å². The van der Waals surface area contributed by atoms with Crippen LogP contribution in [0.25, 0.3) is 0 Å². The summed E-state index contributed by atoms with van der Waals surface area (Å²) in [6.45, 7) is 16.4. The predicted molar refractivity (Wildman–Crippen MR) is 75.8 cm³/mol. The van der Waals surface area contributed by atoms with E-state index in [0.29, 0.717) is 0 Å². The molecule has 0 saturated heterocycles. The Morgan fingerprint density at radius 3 is 1.71 bits per heavy atom. The molecule has 17 heavy (non-hydrogen) atoms. The van der Waals surface area contributed by atoms with Gasteiger partial charge in [0.05, 0.1) is 0 Å². The maximum atomic E-state index is 4.32. The van der Waals surface area contributed by atoms with Gasteiger partial charge in [-0.05, 0) is 50.4 Å². The van der Waals surface area contributed by atoms with Crippen LogP contribution in [0, 0.1) is 17.3 Å². The van der Waals surface area contributed by atoms with Gasteiger partial charge in [-0.15, -0.1) is 13.2 Å². The highest BCUT2D eigenvalue weighted by atomic mass is 14.5. The SMILES string of the molecule is C=CCC1CC2(CC1CC=C)C(=C)CCC2=C. The molecule has 0 N–H and O–H groups in total. The first kappa shape index (κ1) is 12.4. The zero-order chi connectivity index (χ0) is 12.5. The molecule has 2 aliphatic rings. The van der Waals surface area contributed by atoms with Crippen LogP contribution in [0.3, 0.4) is 0 Å². The van der Waals surface area contributed by atoms with E-state index in [9.17, 15) is 0 Å². The molecule has 92 valence electrons. The number of hydrogen-bond acceptors (Lipinski definition) is 0. The van der Waals surface area contributed by atoms with E-state index in [-0.39, 0.29) is 5.41 Å². The molecule has 0 aliphatic heterocycles. The van der Waals surface area contributed by atoms with E-state index < -0.39 is 0 Å². The molecule has 2 unspecified atom stereocenters. The molecule has 2 saturated carbocycles. The molecule has 0 heteroatoms. The van der Waals surface area contributed by atoms with Crippen molar-refractivity contribution in [2.24, 2.45) is 17.3 Å². The largest absolute Gasteiger partial charge is 0.103 e. The normalized spacial score (nSPS) is 31.1. The quantitative estimate of drug-likeness (QED) is 0.590. The highest BCUT2D eigenvalue weighted by molar-refractivity contribution is 5.35. The van der Waals surface area contributed by atoms with Crippen LogP contribution in [0.2, 0.25) is 0 Å². The fourth-order valence-electron chi connectivity index (χ4n) is 3.90. The van der Waals surface area contributed by atoms with E-state index in [2.05, 4.69) is 38.5 Å². The van der Waals surface area contributed by atoms with E-state index >= 15 is 0 Å². The number of rotatable bonds is 4. The molecular formula is C17H24. The lowest BCUT2D eigenvalue weighted by molar-refractivity contribution is 0.395. The van der Waals surface area contributed by atoms with Crippen molar-refractivity contribution >= 4 is 0 Å². The van der Waals surface area contributed by atoms with Gasteiger partial charge in [-0.1, -0.05) is 36.5 Å². The molecule has 0 radical (unpaired) electrons. The van der Waals surface area contributed by atoms with Crippen molar-refractivity contribution in [3.63, 3.8) is 0 Å². The van der Waals surface area contributed by atoms with Crippen molar-refractivity contribution in [1.82, 2.24) is 0 Å². The van der Waals surface area contributed by atoms with Crippen LogP contribution in [-0.4, -0.2) is 0 Å². The van der Waals surface area contributed by atoms with E-state index in [0.717, 1.165) is 37.5 Å². The molecule has 0 aromatic rings. The predicted octanol–water partition coefficient (Wildman–Crippen LogP) is 5.06. The van der Waals surface area contributed by atoms with Crippen molar-refractivity contribution < 1.29 is 0 Å². The molecule has 2 fully saturated rings. The third-order valence-electron chi connectivity index (χ3n) is 4.91. The monoisotopic (exact) mass is 228 g/mol. The molecule has 2 atom stereocenters. The lowest BCUT2D eigenvalue weighted by Gasteiger charge is -2.27. The van der Waals surface area contributed by atoms with Gasteiger partial charge in [0.1, 0.15) is 0 Å². The summed E-state index contributed by atoms with van der Waals surface area (Å²) in [7, 11) is 0. The summed E-state index contributed by atoms with van der Waals surface area (Å²) < 4.78 is 0. The van der Waals surface area contributed by atoms with Crippen LogP contribution in [0.5, 0.6) is 0 Å². The standard InChI is InChI=1S/C17H24/c1-5-7-15-11-17(12-16(15)8-6-2)13(3)9-10-14(17)4/h5-6,15-16H,1-4,7-12H2. The van der Waals surface area contributed by atoms with E-state index in [1.54, 1.807) is 0 Å². The minimum absolute atomic E-state index is 0.265. The Bertz CT molecular complexity index is 322. The Hall–Kier alpha value is -1.04. The Kier molecular flexibility index (Phi) is 3.42. The smallest absolute Gasteiger partial charge is 0.0121 e. The van der Waals surface area contributed by atoms with Crippen molar-refractivity contribution in [3.8, 4) is 0 Å². The lowest BCUT2D eigenvalue weighted by atomic mass is 9.77. The molecule has 2 aliphatic carbocycles. The fraction of sp³-hybridized carbons (Fsp3) is 0.529. The molecule has 0 aromatic heterocycles. The van der Waals surface area contributed by atoms with E-state index in [1.165, 1.54) is 24.0 Å². The second kappa shape index (κ2) is 4.68. The summed E-state index contributed by atoms with van der Waals surface area (Å²) in [4.78, 5) is 0. The maximum Gasteiger partial charge on any atom is 0.0121 e. The van der Waals surface area contributed by atoms with Crippen LogP contribution in [-0.2, 0) is 0 Å². The number of hydrogen-bond donors (Lipinski definition) is 0. The molecule has 0 bridgehead atoms. The van der Waals surface area contributed by atoms with Gasteiger partial charge in [0.15, 0.2) is 0 Å². The summed E-state index contributed by atoms with van der Waals surface area (Å²) in [6.07, 6.45) is 11.2. The molecule has 0 heterocycles. The zero-order valence-electron chi connectivity index (χ0n) is 10.9. The highest BCUT2D eigenvalue weighted by Gasteiger charge is 2.49. The van der Waals surface area contributed by atoms with Gasteiger partial charge in [0.2, 0.25) is 0 Å². The van der Waals surface area contributed by atoms with Gasteiger partial charge in [-0.2, -0.15) is 0 Å². The molecular weight excluding hydrogens is 204 g/mol. The van der Waals surface area contributed by atoms with Crippen LogP contribution < -0.4 is 0 Å². The lowest BCUT2D eigenvalue weighted by Crippen LogP contribution is -2.16. The first-order valence-electron chi connectivity index (χ1n) is 6.72. The van der Waals surface area contributed by atoms with Crippen molar-refractivity contribution in [1.29, 1.82) is 0 Å². The van der Waals surface area contributed by atoms with Gasteiger partial charge < -0.3 is 0 Å². The first-order valence-corrected chi connectivity index (χ1v) is 6.72. The van der Waals surface area contributed by atoms with Crippen molar-refractivity contribution in [2.45, 2.75) is 38.5 Å². The Labute approximate surface area is 106 Å². The Balaban J connectivity index is 2.22. The second-order valence-corrected chi connectivity index (χ2v) is 5.77. The second-order valence-electron chi connectivity index (χ2n) is 5.77. The fourth-order valence-corrected chi connectivity index (χ4v) is 3.90. The van der Waals surface area contributed by atoms with Gasteiger partial charge in [-0.25, -0.2) is 0 Å². The Morgan fingerprint density at radius 1 is 0.941 bits per heavy atom. The van der Waals surface area contributed by atoms with Crippen LogP contribution in [0.4, 0.5) is 0 Å². The zero-order valence-corrected chi connectivity index (χ0v) is 10.9. The third-order valence-corrected chi connectivity index (χ3v) is 4.91. The maximum absolute atomic E-state index is 4.32. The molecule has 0 aromatic carbocycles. The average molecular weight is 228 g/mol. The van der Waals surface area contributed by atoms with Crippen molar-refractivity contribution in [2.75, 3.05) is 0 Å². The summed E-state index contributed by atoms with van der Waals surface area (Å²) >= 11 is 0. The highest BCUT2D eigenvalue weighted by Crippen LogP contribution is 2.60. The minimum atomic E-state index is 0.265. The van der Waals surface area contributed by atoms with Gasteiger partial charge in [-0.3, -0.25) is 0 Å². The molecule has 2 rings (SSSR count). The number of allylic oxidation sites excluding steroid dienone is 4. The first-order chi connectivity index (χ1) is 8.14.